The molecule has 1 aliphatic carbocycles. The molecule has 0 unspecified atom stereocenters. The molecule has 5 heteroatoms. The van der Waals surface area contributed by atoms with Crippen LogP contribution in [-0.2, 0) is 0 Å². The molecule has 1 aliphatic rings. The first kappa shape index (κ1) is 12.0. The maximum atomic E-state index is 12.1. The number of hydrogen-bond donors (Lipinski definition) is 2. The Balaban J connectivity index is 2.13. The molecule has 3 N–H and O–H groups in total. The molecule has 1 aromatic rings. The second-order valence-electron chi connectivity index (χ2n) is 5.25. The van der Waals surface area contributed by atoms with E-state index in [-0.39, 0.29) is 5.91 Å². The van der Waals surface area contributed by atoms with Crippen molar-refractivity contribution < 1.29 is 4.79 Å². The SMILES string of the molecule is CC(C)CN(C)C(=O)c1n[nH]c(C2CC2)c1N. The van der Waals surface area contributed by atoms with Crippen molar-refractivity contribution in [1.29, 1.82) is 0 Å². The first-order chi connectivity index (χ1) is 8.00. The number of nitrogens with two attached hydrogens (primary N) is 1. The van der Waals surface area contributed by atoms with Crippen LogP contribution in [0.2, 0.25) is 0 Å². The molecule has 2 rings (SSSR count). The zero-order valence-electron chi connectivity index (χ0n) is 10.7. The van der Waals surface area contributed by atoms with Gasteiger partial charge in [0.1, 0.15) is 0 Å². The van der Waals surface area contributed by atoms with Crippen LogP contribution < -0.4 is 5.73 Å². The van der Waals surface area contributed by atoms with Crippen LogP contribution in [0.15, 0.2) is 0 Å². The third-order valence-electron chi connectivity index (χ3n) is 3.01. The molecular formula is C12H20N4O. The molecule has 1 amide bonds. The van der Waals surface area contributed by atoms with Gasteiger partial charge in [-0.3, -0.25) is 9.89 Å². The number of hydrogen-bond acceptors (Lipinski definition) is 3. The van der Waals surface area contributed by atoms with Crippen molar-refractivity contribution in [3.8, 4) is 0 Å². The molecule has 1 fully saturated rings. The van der Waals surface area contributed by atoms with E-state index in [1.807, 2.05) is 0 Å². The Morgan fingerprint density at radius 1 is 1.59 bits per heavy atom. The van der Waals surface area contributed by atoms with E-state index in [4.69, 9.17) is 5.73 Å². The second-order valence-corrected chi connectivity index (χ2v) is 5.25. The topological polar surface area (TPSA) is 75.0 Å². The van der Waals surface area contributed by atoms with Crippen molar-refractivity contribution >= 4 is 11.6 Å². The summed E-state index contributed by atoms with van der Waals surface area (Å²) in [5.41, 5.74) is 7.81. The summed E-state index contributed by atoms with van der Waals surface area (Å²) >= 11 is 0. The molecule has 0 aliphatic heterocycles. The van der Waals surface area contributed by atoms with Crippen LogP contribution in [0.1, 0.15) is 48.8 Å². The van der Waals surface area contributed by atoms with Gasteiger partial charge in [-0.1, -0.05) is 13.8 Å². The molecule has 1 aromatic heterocycles. The number of nitrogens with one attached hydrogen (secondary N) is 1. The minimum atomic E-state index is -0.0978. The Morgan fingerprint density at radius 3 is 2.76 bits per heavy atom. The number of carbonyl (C=O) groups excluding carboxylic acids is 1. The number of carbonyl (C=O) groups is 1. The molecule has 94 valence electrons. The van der Waals surface area contributed by atoms with Crippen molar-refractivity contribution in [2.75, 3.05) is 19.3 Å². The van der Waals surface area contributed by atoms with Crippen molar-refractivity contribution in [3.05, 3.63) is 11.4 Å². The Labute approximate surface area is 101 Å². The summed E-state index contributed by atoms with van der Waals surface area (Å²) in [6, 6.07) is 0. The van der Waals surface area contributed by atoms with Gasteiger partial charge in [0.05, 0.1) is 11.4 Å². The number of amides is 1. The smallest absolute Gasteiger partial charge is 0.276 e. The van der Waals surface area contributed by atoms with Gasteiger partial charge in [-0.15, -0.1) is 0 Å². The van der Waals surface area contributed by atoms with Crippen LogP contribution in [-0.4, -0.2) is 34.6 Å². The van der Waals surface area contributed by atoms with Crippen LogP contribution in [0.3, 0.4) is 0 Å². The van der Waals surface area contributed by atoms with Crippen molar-refractivity contribution in [2.45, 2.75) is 32.6 Å². The maximum Gasteiger partial charge on any atom is 0.276 e. The van der Waals surface area contributed by atoms with Crippen LogP contribution in [0.5, 0.6) is 0 Å². The summed E-state index contributed by atoms with van der Waals surface area (Å²) in [6.45, 7) is 4.87. The molecule has 0 saturated heterocycles. The summed E-state index contributed by atoms with van der Waals surface area (Å²) in [4.78, 5) is 13.8. The first-order valence-electron chi connectivity index (χ1n) is 6.10. The van der Waals surface area contributed by atoms with Crippen LogP contribution in [0.25, 0.3) is 0 Å². The van der Waals surface area contributed by atoms with Gasteiger partial charge in [0.25, 0.3) is 5.91 Å². The average Bonchev–Trinajstić information content (AvgIpc) is 3.01. The normalized spacial score (nSPS) is 15.3. The molecular weight excluding hydrogens is 216 g/mol. The Morgan fingerprint density at radius 2 is 2.24 bits per heavy atom. The molecule has 0 atom stereocenters. The summed E-state index contributed by atoms with van der Waals surface area (Å²) < 4.78 is 0. The monoisotopic (exact) mass is 236 g/mol. The van der Waals surface area contributed by atoms with Gasteiger partial charge >= 0.3 is 0 Å². The van der Waals surface area contributed by atoms with Crippen LogP contribution in [0, 0.1) is 5.92 Å². The predicted molar refractivity (Wildman–Crippen MR) is 66.8 cm³/mol. The Kier molecular flexibility index (Phi) is 3.09. The summed E-state index contributed by atoms with van der Waals surface area (Å²) in [5, 5.41) is 6.97. The third kappa shape index (κ3) is 2.43. The maximum absolute atomic E-state index is 12.1. The van der Waals surface area contributed by atoms with Crippen molar-refractivity contribution in [2.24, 2.45) is 5.92 Å². The van der Waals surface area contributed by atoms with Gasteiger partial charge in [-0.25, -0.2) is 0 Å². The van der Waals surface area contributed by atoms with Gasteiger partial charge in [-0.2, -0.15) is 5.10 Å². The van der Waals surface area contributed by atoms with Crippen LogP contribution >= 0.6 is 0 Å². The molecule has 0 spiro atoms. The Hall–Kier alpha value is -1.52. The predicted octanol–water partition coefficient (Wildman–Crippen LogP) is 1.60. The number of H-pyrrole nitrogens is 1. The van der Waals surface area contributed by atoms with E-state index < -0.39 is 0 Å². The highest BCUT2D eigenvalue weighted by molar-refractivity contribution is 5.97. The highest BCUT2D eigenvalue weighted by atomic mass is 16.2. The van der Waals surface area contributed by atoms with E-state index in [9.17, 15) is 4.79 Å². The molecule has 0 aromatic carbocycles. The van der Waals surface area contributed by atoms with Gasteiger partial charge in [0.2, 0.25) is 0 Å². The number of nitrogens with zero attached hydrogens (tertiary/aromatic N) is 2. The largest absolute Gasteiger partial charge is 0.395 e. The number of anilines is 1. The lowest BCUT2D eigenvalue weighted by atomic mass is 10.2. The van der Waals surface area contributed by atoms with Crippen LogP contribution in [0.4, 0.5) is 5.69 Å². The lowest BCUT2D eigenvalue weighted by Crippen LogP contribution is -2.31. The zero-order valence-corrected chi connectivity index (χ0v) is 10.7. The number of aromatic amines is 1. The van der Waals surface area contributed by atoms with Crippen molar-refractivity contribution in [1.82, 2.24) is 15.1 Å². The minimum absolute atomic E-state index is 0.0978. The zero-order chi connectivity index (χ0) is 12.6. The third-order valence-corrected chi connectivity index (χ3v) is 3.01. The standard InChI is InChI=1S/C12H20N4O/c1-7(2)6-16(3)12(17)11-9(13)10(14-15-11)8-4-5-8/h7-8H,4-6,13H2,1-3H3,(H,14,15). The van der Waals surface area contributed by atoms with Gasteiger partial charge in [0, 0.05) is 19.5 Å². The van der Waals surface area contributed by atoms with E-state index >= 15 is 0 Å². The molecule has 1 heterocycles. The fourth-order valence-electron chi connectivity index (χ4n) is 2.02. The molecule has 17 heavy (non-hydrogen) atoms. The lowest BCUT2D eigenvalue weighted by Gasteiger charge is -2.18. The summed E-state index contributed by atoms with van der Waals surface area (Å²) in [5.74, 6) is 0.825. The Bertz CT molecular complexity index is 420. The second kappa shape index (κ2) is 4.39. The molecule has 1 saturated carbocycles. The lowest BCUT2D eigenvalue weighted by molar-refractivity contribution is 0.0774. The molecule has 5 nitrogen and oxygen atoms in total. The number of rotatable bonds is 4. The molecule has 0 radical (unpaired) electrons. The van der Waals surface area contributed by atoms with E-state index in [2.05, 4.69) is 24.0 Å². The average molecular weight is 236 g/mol. The summed E-state index contributed by atoms with van der Waals surface area (Å²) in [6.07, 6.45) is 2.28. The summed E-state index contributed by atoms with van der Waals surface area (Å²) in [7, 11) is 1.78. The van der Waals surface area contributed by atoms with E-state index in [1.54, 1.807) is 11.9 Å². The van der Waals surface area contributed by atoms with Crippen molar-refractivity contribution in [3.63, 3.8) is 0 Å². The fourth-order valence-corrected chi connectivity index (χ4v) is 2.02. The first-order valence-corrected chi connectivity index (χ1v) is 6.10. The number of nitrogen functional groups attached to an aromatic ring is 1. The van der Waals surface area contributed by atoms with Gasteiger partial charge in [-0.05, 0) is 18.8 Å². The van der Waals surface area contributed by atoms with E-state index in [0.717, 1.165) is 18.5 Å². The van der Waals surface area contributed by atoms with E-state index in [1.165, 1.54) is 0 Å². The van der Waals surface area contributed by atoms with Gasteiger partial charge in [0.15, 0.2) is 5.69 Å². The quantitative estimate of drug-likeness (QED) is 0.833. The fraction of sp³-hybridized carbons (Fsp3) is 0.667. The minimum Gasteiger partial charge on any atom is -0.395 e. The molecule has 0 bridgehead atoms. The van der Waals surface area contributed by atoms with E-state index in [0.29, 0.717) is 29.8 Å². The highest BCUT2D eigenvalue weighted by Crippen LogP contribution is 2.42. The number of aromatic nitrogens is 2. The van der Waals surface area contributed by atoms with Gasteiger partial charge < -0.3 is 10.6 Å². The highest BCUT2D eigenvalue weighted by Gasteiger charge is 2.31.